The Morgan fingerprint density at radius 1 is 1.36 bits per heavy atom. The lowest BCUT2D eigenvalue weighted by atomic mass is 10.2. The molecule has 116 valence electrons. The van der Waals surface area contributed by atoms with Gasteiger partial charge in [-0.1, -0.05) is 6.07 Å². The average Bonchev–Trinajstić information content (AvgIpc) is 3.08. The Labute approximate surface area is 129 Å². The third-order valence-corrected chi connectivity index (χ3v) is 3.26. The zero-order valence-corrected chi connectivity index (χ0v) is 12.5. The highest BCUT2D eigenvalue weighted by Gasteiger charge is 2.16. The van der Waals surface area contributed by atoms with Gasteiger partial charge in [0, 0.05) is 38.4 Å². The molecular weight excluding hydrogens is 282 g/mol. The van der Waals surface area contributed by atoms with Gasteiger partial charge in [0.05, 0.1) is 11.8 Å². The Hall–Kier alpha value is -2.63. The molecule has 0 aliphatic rings. The first-order valence-electron chi connectivity index (χ1n) is 7.17. The van der Waals surface area contributed by atoms with Gasteiger partial charge in [0.1, 0.15) is 6.26 Å². The van der Waals surface area contributed by atoms with Gasteiger partial charge in [0.2, 0.25) is 5.91 Å². The largest absolute Gasteiger partial charge is 0.472 e. The molecule has 0 aliphatic heterocycles. The minimum absolute atomic E-state index is 0.0951. The lowest BCUT2D eigenvalue weighted by Crippen LogP contribution is -2.34. The zero-order chi connectivity index (χ0) is 15.8. The molecular formula is C16H19N3O3. The topological polar surface area (TPSA) is 75.4 Å². The summed E-state index contributed by atoms with van der Waals surface area (Å²) in [4.78, 5) is 29.6. The van der Waals surface area contributed by atoms with Crippen LogP contribution in [0.25, 0.3) is 0 Å². The number of hydrogen-bond acceptors (Lipinski definition) is 4. The van der Waals surface area contributed by atoms with E-state index < -0.39 is 0 Å². The van der Waals surface area contributed by atoms with Crippen LogP contribution >= 0.6 is 0 Å². The summed E-state index contributed by atoms with van der Waals surface area (Å²) in [6.07, 6.45) is 6.53. The predicted molar refractivity (Wildman–Crippen MR) is 81.0 cm³/mol. The van der Waals surface area contributed by atoms with Gasteiger partial charge in [-0.25, -0.2) is 0 Å². The lowest BCUT2D eigenvalue weighted by Gasteiger charge is -2.19. The maximum Gasteiger partial charge on any atom is 0.257 e. The Kier molecular flexibility index (Phi) is 5.71. The number of nitrogens with one attached hydrogen (secondary N) is 1. The van der Waals surface area contributed by atoms with Crippen LogP contribution in [0.2, 0.25) is 0 Å². The minimum Gasteiger partial charge on any atom is -0.472 e. The SMILES string of the molecule is CCN(CCC(=O)NCc1cccnc1)C(=O)c1ccoc1. The summed E-state index contributed by atoms with van der Waals surface area (Å²) in [5.74, 6) is -0.224. The number of pyridine rings is 1. The fourth-order valence-corrected chi connectivity index (χ4v) is 2.00. The molecule has 0 spiro atoms. The van der Waals surface area contributed by atoms with E-state index in [2.05, 4.69) is 10.3 Å². The van der Waals surface area contributed by atoms with E-state index in [1.54, 1.807) is 23.4 Å². The van der Waals surface area contributed by atoms with E-state index in [9.17, 15) is 9.59 Å². The lowest BCUT2D eigenvalue weighted by molar-refractivity contribution is -0.121. The first kappa shape index (κ1) is 15.8. The normalized spacial score (nSPS) is 10.2. The molecule has 2 aromatic heterocycles. The summed E-state index contributed by atoms with van der Waals surface area (Å²) in [6.45, 7) is 3.24. The van der Waals surface area contributed by atoms with Crippen molar-refractivity contribution in [3.8, 4) is 0 Å². The third kappa shape index (κ3) is 4.44. The number of carbonyl (C=O) groups excluding carboxylic acids is 2. The number of aromatic nitrogens is 1. The van der Waals surface area contributed by atoms with Gasteiger partial charge in [-0.3, -0.25) is 14.6 Å². The van der Waals surface area contributed by atoms with Crippen molar-refractivity contribution in [1.29, 1.82) is 0 Å². The molecule has 1 N–H and O–H groups in total. The Balaban J connectivity index is 1.78. The van der Waals surface area contributed by atoms with Crippen LogP contribution in [0, 0.1) is 0 Å². The van der Waals surface area contributed by atoms with E-state index in [0.29, 0.717) is 25.2 Å². The summed E-state index contributed by atoms with van der Waals surface area (Å²) >= 11 is 0. The highest BCUT2D eigenvalue weighted by molar-refractivity contribution is 5.94. The maximum absolute atomic E-state index is 12.2. The molecule has 0 bridgehead atoms. The molecule has 6 heteroatoms. The summed E-state index contributed by atoms with van der Waals surface area (Å²) in [5.41, 5.74) is 1.44. The third-order valence-electron chi connectivity index (χ3n) is 3.26. The molecule has 2 rings (SSSR count). The average molecular weight is 301 g/mol. The van der Waals surface area contributed by atoms with E-state index >= 15 is 0 Å². The van der Waals surface area contributed by atoms with Gasteiger partial charge in [-0.05, 0) is 24.6 Å². The van der Waals surface area contributed by atoms with Crippen LogP contribution in [0.3, 0.4) is 0 Å². The van der Waals surface area contributed by atoms with Crippen molar-refractivity contribution >= 4 is 11.8 Å². The van der Waals surface area contributed by atoms with E-state index in [0.717, 1.165) is 5.56 Å². The van der Waals surface area contributed by atoms with Crippen molar-refractivity contribution in [2.45, 2.75) is 19.9 Å². The number of amides is 2. The smallest absolute Gasteiger partial charge is 0.257 e. The molecule has 0 radical (unpaired) electrons. The van der Waals surface area contributed by atoms with E-state index in [-0.39, 0.29) is 18.2 Å². The number of nitrogens with zero attached hydrogens (tertiary/aromatic N) is 2. The standard InChI is InChI=1S/C16H19N3O3/c1-2-19(16(21)14-6-9-22-12-14)8-5-15(20)18-11-13-4-3-7-17-10-13/h3-4,6-7,9-10,12H,2,5,8,11H2,1H3,(H,18,20). The second kappa shape index (κ2) is 7.97. The molecule has 2 heterocycles. The molecule has 0 fully saturated rings. The van der Waals surface area contributed by atoms with Gasteiger partial charge >= 0.3 is 0 Å². The summed E-state index contributed by atoms with van der Waals surface area (Å²) in [6, 6.07) is 5.34. The molecule has 0 unspecified atom stereocenters. The highest BCUT2D eigenvalue weighted by Crippen LogP contribution is 2.06. The molecule has 0 aromatic carbocycles. The first-order chi connectivity index (χ1) is 10.7. The molecule has 0 saturated heterocycles. The van der Waals surface area contributed by atoms with Crippen LogP contribution in [0.15, 0.2) is 47.5 Å². The van der Waals surface area contributed by atoms with Crippen LogP contribution in [0.5, 0.6) is 0 Å². The van der Waals surface area contributed by atoms with Crippen molar-refractivity contribution in [3.05, 3.63) is 54.2 Å². The molecule has 0 atom stereocenters. The number of furan rings is 1. The number of rotatable bonds is 7. The zero-order valence-electron chi connectivity index (χ0n) is 12.5. The van der Waals surface area contributed by atoms with E-state index in [1.165, 1.54) is 12.5 Å². The van der Waals surface area contributed by atoms with Gasteiger partial charge in [0.15, 0.2) is 0 Å². The van der Waals surface area contributed by atoms with Crippen molar-refractivity contribution in [2.24, 2.45) is 0 Å². The van der Waals surface area contributed by atoms with Crippen LogP contribution in [0.1, 0.15) is 29.3 Å². The minimum atomic E-state index is -0.128. The molecule has 22 heavy (non-hydrogen) atoms. The predicted octanol–water partition coefficient (Wildman–Crippen LogP) is 1.84. The first-order valence-corrected chi connectivity index (χ1v) is 7.17. The summed E-state index contributed by atoms with van der Waals surface area (Å²) in [5, 5.41) is 2.82. The van der Waals surface area contributed by atoms with Gasteiger partial charge < -0.3 is 14.6 Å². The number of hydrogen-bond donors (Lipinski definition) is 1. The van der Waals surface area contributed by atoms with Gasteiger partial charge in [-0.2, -0.15) is 0 Å². The van der Waals surface area contributed by atoms with Crippen molar-refractivity contribution in [2.75, 3.05) is 13.1 Å². The number of carbonyl (C=O) groups is 2. The van der Waals surface area contributed by atoms with Crippen LogP contribution in [-0.4, -0.2) is 34.8 Å². The molecule has 2 amide bonds. The van der Waals surface area contributed by atoms with Crippen LogP contribution < -0.4 is 5.32 Å². The second-order valence-corrected chi connectivity index (χ2v) is 4.78. The van der Waals surface area contributed by atoms with Crippen molar-refractivity contribution < 1.29 is 14.0 Å². The summed E-state index contributed by atoms with van der Waals surface area (Å²) < 4.78 is 4.91. The Bertz CT molecular complexity index is 596. The monoisotopic (exact) mass is 301 g/mol. The molecule has 0 saturated carbocycles. The van der Waals surface area contributed by atoms with Crippen molar-refractivity contribution in [1.82, 2.24) is 15.2 Å². The van der Waals surface area contributed by atoms with Gasteiger partial charge in [0.25, 0.3) is 5.91 Å². The molecule has 2 aromatic rings. The Morgan fingerprint density at radius 2 is 2.23 bits per heavy atom. The van der Waals surface area contributed by atoms with Crippen molar-refractivity contribution in [3.63, 3.8) is 0 Å². The fraction of sp³-hybridized carbons (Fsp3) is 0.312. The van der Waals surface area contributed by atoms with E-state index in [1.807, 2.05) is 19.1 Å². The van der Waals surface area contributed by atoms with E-state index in [4.69, 9.17) is 4.42 Å². The Morgan fingerprint density at radius 3 is 2.86 bits per heavy atom. The fourth-order valence-electron chi connectivity index (χ4n) is 2.00. The van der Waals surface area contributed by atoms with Crippen LogP contribution in [-0.2, 0) is 11.3 Å². The maximum atomic E-state index is 12.2. The second-order valence-electron chi connectivity index (χ2n) is 4.78. The summed E-state index contributed by atoms with van der Waals surface area (Å²) in [7, 11) is 0. The highest BCUT2D eigenvalue weighted by atomic mass is 16.3. The quantitative estimate of drug-likeness (QED) is 0.846. The van der Waals surface area contributed by atoms with Gasteiger partial charge in [-0.15, -0.1) is 0 Å². The molecule has 0 aliphatic carbocycles. The molecule has 6 nitrogen and oxygen atoms in total. The van der Waals surface area contributed by atoms with Crippen LogP contribution in [0.4, 0.5) is 0 Å².